The van der Waals surface area contributed by atoms with Crippen LogP contribution in [0.3, 0.4) is 0 Å². The Labute approximate surface area is 123 Å². The fourth-order valence-electron chi connectivity index (χ4n) is 1.62. The van der Waals surface area contributed by atoms with E-state index in [4.69, 9.17) is 4.74 Å². The maximum absolute atomic E-state index is 5.65. The average Bonchev–Trinajstić information content (AvgIpc) is 2.88. The van der Waals surface area contributed by atoms with Crippen LogP contribution in [0.4, 0.5) is 0 Å². The number of para-hydroxylation sites is 1. The van der Waals surface area contributed by atoms with E-state index >= 15 is 0 Å². The summed E-state index contributed by atoms with van der Waals surface area (Å²) in [5, 5.41) is 12.7. The van der Waals surface area contributed by atoms with Gasteiger partial charge in [0, 0.05) is 5.75 Å². The average molecular weight is 292 g/mol. The van der Waals surface area contributed by atoms with E-state index in [1.807, 2.05) is 35.0 Å². The molecule has 0 amide bonds. The molecular weight excluding hydrogens is 272 g/mol. The number of aromatic nitrogens is 4. The monoisotopic (exact) mass is 292 g/mol. The van der Waals surface area contributed by atoms with Gasteiger partial charge in [-0.3, -0.25) is 0 Å². The van der Waals surface area contributed by atoms with E-state index in [9.17, 15) is 0 Å². The molecule has 0 aliphatic heterocycles. The third kappa shape index (κ3) is 4.23. The summed E-state index contributed by atoms with van der Waals surface area (Å²) < 4.78 is 7.51. The Bertz CT molecular complexity index is 521. The van der Waals surface area contributed by atoms with Crippen molar-refractivity contribution >= 4 is 11.8 Å². The van der Waals surface area contributed by atoms with Crippen molar-refractivity contribution in [3.8, 4) is 5.75 Å². The van der Waals surface area contributed by atoms with Gasteiger partial charge < -0.3 is 4.74 Å². The lowest BCUT2D eigenvalue weighted by Crippen LogP contribution is -2.24. The Morgan fingerprint density at radius 2 is 1.95 bits per heavy atom. The number of ether oxygens (including phenoxy) is 1. The van der Waals surface area contributed by atoms with Crippen LogP contribution in [0.25, 0.3) is 0 Å². The number of tetrazole rings is 1. The SMILES string of the molecule is CC(C)(C)n1nnnc1SCCCOc1ccccc1. The van der Waals surface area contributed by atoms with Crippen molar-refractivity contribution in [1.29, 1.82) is 0 Å². The quantitative estimate of drug-likeness (QED) is 0.605. The molecule has 0 saturated heterocycles. The van der Waals surface area contributed by atoms with Crippen LogP contribution in [0.5, 0.6) is 5.75 Å². The molecule has 0 saturated carbocycles. The number of rotatable bonds is 6. The van der Waals surface area contributed by atoms with Gasteiger partial charge >= 0.3 is 0 Å². The predicted molar refractivity (Wildman–Crippen MR) is 80.1 cm³/mol. The number of hydrogen-bond donors (Lipinski definition) is 0. The Morgan fingerprint density at radius 3 is 2.65 bits per heavy atom. The fraction of sp³-hybridized carbons (Fsp3) is 0.500. The molecule has 0 atom stereocenters. The van der Waals surface area contributed by atoms with Gasteiger partial charge in [-0.25, -0.2) is 4.68 Å². The fourth-order valence-corrected chi connectivity index (χ4v) is 2.59. The van der Waals surface area contributed by atoms with Gasteiger partial charge in [0.1, 0.15) is 5.75 Å². The third-order valence-electron chi connectivity index (χ3n) is 2.61. The smallest absolute Gasteiger partial charge is 0.209 e. The molecule has 0 N–H and O–H groups in total. The molecule has 6 heteroatoms. The minimum Gasteiger partial charge on any atom is -0.494 e. The van der Waals surface area contributed by atoms with Gasteiger partial charge in [-0.15, -0.1) is 5.10 Å². The van der Waals surface area contributed by atoms with Crippen molar-refractivity contribution in [1.82, 2.24) is 20.2 Å². The van der Waals surface area contributed by atoms with Gasteiger partial charge in [0.2, 0.25) is 5.16 Å². The van der Waals surface area contributed by atoms with Crippen LogP contribution in [-0.4, -0.2) is 32.6 Å². The molecule has 1 heterocycles. The molecule has 5 nitrogen and oxygen atoms in total. The van der Waals surface area contributed by atoms with E-state index in [0.29, 0.717) is 6.61 Å². The minimum atomic E-state index is -0.0909. The highest BCUT2D eigenvalue weighted by atomic mass is 32.2. The zero-order valence-corrected chi connectivity index (χ0v) is 12.9. The summed E-state index contributed by atoms with van der Waals surface area (Å²) in [6.07, 6.45) is 0.955. The Morgan fingerprint density at radius 1 is 1.20 bits per heavy atom. The summed E-state index contributed by atoms with van der Waals surface area (Å²) in [6.45, 7) is 6.97. The zero-order chi connectivity index (χ0) is 14.4. The second-order valence-corrected chi connectivity index (χ2v) is 6.47. The molecule has 0 aliphatic carbocycles. The van der Waals surface area contributed by atoms with Crippen molar-refractivity contribution < 1.29 is 4.74 Å². The van der Waals surface area contributed by atoms with E-state index in [2.05, 4.69) is 36.3 Å². The van der Waals surface area contributed by atoms with Gasteiger partial charge in [-0.1, -0.05) is 30.0 Å². The Kier molecular flexibility index (Phi) is 5.00. The first-order valence-electron chi connectivity index (χ1n) is 6.67. The first kappa shape index (κ1) is 14.8. The van der Waals surface area contributed by atoms with Gasteiger partial charge in [-0.05, 0) is 49.8 Å². The van der Waals surface area contributed by atoms with Gasteiger partial charge in [0.15, 0.2) is 0 Å². The molecule has 0 radical (unpaired) electrons. The maximum Gasteiger partial charge on any atom is 0.209 e. The minimum absolute atomic E-state index is 0.0909. The van der Waals surface area contributed by atoms with E-state index in [1.54, 1.807) is 11.8 Å². The molecule has 2 aromatic rings. The standard InChI is InChI=1S/C14H20N4OS/c1-14(2,3)18-13(15-16-17-18)20-11-7-10-19-12-8-5-4-6-9-12/h4-6,8-9H,7,10-11H2,1-3H3. The number of hydrogen-bond acceptors (Lipinski definition) is 5. The summed E-state index contributed by atoms with van der Waals surface area (Å²) in [6, 6.07) is 9.86. The number of benzene rings is 1. The summed E-state index contributed by atoms with van der Waals surface area (Å²) in [5.41, 5.74) is -0.0909. The zero-order valence-electron chi connectivity index (χ0n) is 12.1. The molecule has 0 spiro atoms. The van der Waals surface area contributed by atoms with E-state index < -0.39 is 0 Å². The molecule has 108 valence electrons. The molecule has 0 aliphatic rings. The van der Waals surface area contributed by atoms with Crippen LogP contribution in [0, 0.1) is 0 Å². The topological polar surface area (TPSA) is 52.8 Å². The highest BCUT2D eigenvalue weighted by Crippen LogP contribution is 2.21. The number of thioether (sulfide) groups is 1. The third-order valence-corrected chi connectivity index (χ3v) is 3.61. The van der Waals surface area contributed by atoms with Crippen LogP contribution in [0.2, 0.25) is 0 Å². The van der Waals surface area contributed by atoms with E-state index in [-0.39, 0.29) is 5.54 Å². The van der Waals surface area contributed by atoms with Gasteiger partial charge in [0.05, 0.1) is 12.1 Å². The Balaban J connectivity index is 1.73. The van der Waals surface area contributed by atoms with Gasteiger partial charge in [0.25, 0.3) is 0 Å². The molecule has 0 fully saturated rings. The van der Waals surface area contributed by atoms with Crippen molar-refractivity contribution in [2.75, 3.05) is 12.4 Å². The van der Waals surface area contributed by atoms with Crippen LogP contribution < -0.4 is 4.74 Å². The highest BCUT2D eigenvalue weighted by molar-refractivity contribution is 7.99. The van der Waals surface area contributed by atoms with Crippen molar-refractivity contribution in [3.05, 3.63) is 30.3 Å². The largest absolute Gasteiger partial charge is 0.494 e. The van der Waals surface area contributed by atoms with Crippen molar-refractivity contribution in [2.24, 2.45) is 0 Å². The lowest BCUT2D eigenvalue weighted by Gasteiger charge is -2.19. The van der Waals surface area contributed by atoms with Gasteiger partial charge in [-0.2, -0.15) is 0 Å². The summed E-state index contributed by atoms with van der Waals surface area (Å²) in [5.74, 6) is 1.85. The maximum atomic E-state index is 5.65. The predicted octanol–water partition coefficient (Wildman–Crippen LogP) is 2.99. The van der Waals surface area contributed by atoms with Crippen LogP contribution >= 0.6 is 11.8 Å². The molecule has 0 unspecified atom stereocenters. The normalized spacial score (nSPS) is 11.6. The van der Waals surface area contributed by atoms with Crippen molar-refractivity contribution in [3.63, 3.8) is 0 Å². The first-order valence-corrected chi connectivity index (χ1v) is 7.65. The molecule has 1 aromatic carbocycles. The first-order chi connectivity index (χ1) is 9.57. The van der Waals surface area contributed by atoms with E-state index in [0.717, 1.165) is 23.1 Å². The number of nitrogens with zero attached hydrogens (tertiary/aromatic N) is 4. The second kappa shape index (κ2) is 6.74. The second-order valence-electron chi connectivity index (χ2n) is 5.41. The Hall–Kier alpha value is -1.56. The van der Waals surface area contributed by atoms with E-state index in [1.165, 1.54) is 0 Å². The summed E-state index contributed by atoms with van der Waals surface area (Å²) in [7, 11) is 0. The summed E-state index contributed by atoms with van der Waals surface area (Å²) in [4.78, 5) is 0. The van der Waals surface area contributed by atoms with Crippen LogP contribution in [-0.2, 0) is 5.54 Å². The molecular formula is C14H20N4OS. The summed E-state index contributed by atoms with van der Waals surface area (Å²) >= 11 is 1.66. The molecule has 0 bridgehead atoms. The lowest BCUT2D eigenvalue weighted by atomic mass is 10.1. The molecule has 20 heavy (non-hydrogen) atoms. The highest BCUT2D eigenvalue weighted by Gasteiger charge is 2.19. The van der Waals surface area contributed by atoms with Crippen LogP contribution in [0.1, 0.15) is 27.2 Å². The van der Waals surface area contributed by atoms with Crippen LogP contribution in [0.15, 0.2) is 35.5 Å². The lowest BCUT2D eigenvalue weighted by molar-refractivity contribution is 0.316. The van der Waals surface area contributed by atoms with Crippen molar-refractivity contribution in [2.45, 2.75) is 37.9 Å². The molecule has 1 aromatic heterocycles. The molecule has 2 rings (SSSR count).